The van der Waals surface area contributed by atoms with Gasteiger partial charge in [0.2, 0.25) is 0 Å². The minimum absolute atomic E-state index is 0.146. The van der Waals surface area contributed by atoms with Gasteiger partial charge in [0, 0.05) is 16.7 Å². The van der Waals surface area contributed by atoms with E-state index in [2.05, 4.69) is 4.72 Å². The molecule has 0 saturated carbocycles. The van der Waals surface area contributed by atoms with Crippen molar-refractivity contribution in [3.05, 3.63) is 54.1 Å². The molecular formula is C17H17NO4S. The van der Waals surface area contributed by atoms with Gasteiger partial charge in [0.15, 0.2) is 11.5 Å². The van der Waals surface area contributed by atoms with Gasteiger partial charge in [-0.15, -0.1) is 0 Å². The van der Waals surface area contributed by atoms with Crippen LogP contribution in [-0.2, 0) is 9.53 Å². The van der Waals surface area contributed by atoms with Gasteiger partial charge >= 0.3 is 5.97 Å². The Morgan fingerprint density at radius 1 is 1.17 bits per heavy atom. The molecule has 2 aromatic carbocycles. The second kappa shape index (κ2) is 8.14. The molecule has 0 unspecified atom stereocenters. The summed E-state index contributed by atoms with van der Waals surface area (Å²) in [5.74, 6) is -0.666. The van der Waals surface area contributed by atoms with Crippen molar-refractivity contribution < 1.29 is 19.7 Å². The van der Waals surface area contributed by atoms with Crippen molar-refractivity contribution in [1.29, 1.82) is 0 Å². The highest BCUT2D eigenvalue weighted by Crippen LogP contribution is 2.30. The number of ether oxygens (including phenoxy) is 1. The molecule has 0 aliphatic heterocycles. The van der Waals surface area contributed by atoms with Crippen LogP contribution in [0.25, 0.3) is 6.08 Å². The van der Waals surface area contributed by atoms with Crippen LogP contribution in [0, 0.1) is 0 Å². The Labute approximate surface area is 138 Å². The lowest BCUT2D eigenvalue weighted by Gasteiger charge is -2.06. The summed E-state index contributed by atoms with van der Waals surface area (Å²) >= 11 is 1.31. The number of hydrogen-bond donors (Lipinski definition) is 3. The normalized spacial score (nSPS) is 10.7. The van der Waals surface area contributed by atoms with Gasteiger partial charge in [-0.3, -0.25) is 0 Å². The Morgan fingerprint density at radius 3 is 2.57 bits per heavy atom. The Hall–Kier alpha value is -2.60. The zero-order chi connectivity index (χ0) is 16.7. The molecule has 0 bridgehead atoms. The Kier molecular flexibility index (Phi) is 5.94. The van der Waals surface area contributed by atoms with E-state index in [0.717, 1.165) is 16.1 Å². The summed E-state index contributed by atoms with van der Waals surface area (Å²) in [5.41, 5.74) is 1.76. The van der Waals surface area contributed by atoms with Crippen LogP contribution in [0.3, 0.4) is 0 Å². The molecule has 0 saturated heterocycles. The largest absolute Gasteiger partial charge is 0.504 e. The highest BCUT2D eigenvalue weighted by Gasteiger charge is 2.01. The standard InChI is InChI=1S/C17H17NO4S/c1-2-22-17(21)10-5-12-3-6-13(7-4-12)18-23-14-8-9-15(19)16(20)11-14/h3-11,18-20H,2H2,1H3/b10-5+. The Bertz CT molecular complexity index is 698. The molecule has 120 valence electrons. The highest BCUT2D eigenvalue weighted by atomic mass is 32.2. The van der Waals surface area contributed by atoms with Crippen molar-refractivity contribution in [3.8, 4) is 11.5 Å². The monoisotopic (exact) mass is 331 g/mol. The van der Waals surface area contributed by atoms with E-state index in [1.165, 1.54) is 30.2 Å². The molecule has 3 N–H and O–H groups in total. The predicted octanol–water partition coefficient (Wildman–Crippen LogP) is 3.79. The van der Waals surface area contributed by atoms with Crippen molar-refractivity contribution >= 4 is 29.7 Å². The lowest BCUT2D eigenvalue weighted by molar-refractivity contribution is -0.137. The first kappa shape index (κ1) is 16.8. The molecule has 0 fully saturated rings. The molecule has 0 aliphatic rings. The Morgan fingerprint density at radius 2 is 1.91 bits per heavy atom. The smallest absolute Gasteiger partial charge is 0.330 e. The van der Waals surface area contributed by atoms with Crippen LogP contribution < -0.4 is 4.72 Å². The number of aromatic hydroxyl groups is 2. The van der Waals surface area contributed by atoms with Crippen molar-refractivity contribution in [2.24, 2.45) is 0 Å². The van der Waals surface area contributed by atoms with Crippen LogP contribution in [0.5, 0.6) is 11.5 Å². The number of benzene rings is 2. The molecule has 2 aromatic rings. The number of anilines is 1. The van der Waals surface area contributed by atoms with E-state index >= 15 is 0 Å². The van der Waals surface area contributed by atoms with Gasteiger partial charge in [0.25, 0.3) is 0 Å². The van der Waals surface area contributed by atoms with Crippen LogP contribution in [-0.4, -0.2) is 22.8 Å². The van der Waals surface area contributed by atoms with Gasteiger partial charge in [0.1, 0.15) is 0 Å². The molecule has 23 heavy (non-hydrogen) atoms. The number of hydrogen-bond acceptors (Lipinski definition) is 6. The molecule has 0 atom stereocenters. The average Bonchev–Trinajstić information content (AvgIpc) is 2.55. The van der Waals surface area contributed by atoms with E-state index in [0.29, 0.717) is 6.61 Å². The first-order chi connectivity index (χ1) is 11.1. The summed E-state index contributed by atoms with van der Waals surface area (Å²) in [6, 6.07) is 12.1. The summed E-state index contributed by atoms with van der Waals surface area (Å²) in [5, 5.41) is 18.7. The third kappa shape index (κ3) is 5.27. The molecule has 0 heterocycles. The van der Waals surface area contributed by atoms with Gasteiger partial charge in [-0.05, 0) is 60.8 Å². The summed E-state index contributed by atoms with van der Waals surface area (Å²) in [6.45, 7) is 2.12. The Balaban J connectivity index is 1.92. The third-order valence-electron chi connectivity index (χ3n) is 2.84. The second-order valence-corrected chi connectivity index (χ2v) is 5.44. The predicted molar refractivity (Wildman–Crippen MR) is 91.4 cm³/mol. The van der Waals surface area contributed by atoms with Crippen LogP contribution in [0.4, 0.5) is 5.69 Å². The van der Waals surface area contributed by atoms with Gasteiger partial charge in [-0.1, -0.05) is 12.1 Å². The quantitative estimate of drug-likeness (QED) is 0.323. The first-order valence-corrected chi connectivity index (χ1v) is 7.80. The van der Waals surface area contributed by atoms with Crippen molar-refractivity contribution in [1.82, 2.24) is 0 Å². The molecule has 0 aromatic heterocycles. The number of rotatable bonds is 6. The first-order valence-electron chi connectivity index (χ1n) is 6.98. The van der Waals surface area contributed by atoms with Gasteiger partial charge in [-0.2, -0.15) is 0 Å². The number of esters is 1. The van der Waals surface area contributed by atoms with Crippen LogP contribution in [0.2, 0.25) is 0 Å². The minimum atomic E-state index is -0.364. The maximum Gasteiger partial charge on any atom is 0.330 e. The zero-order valence-electron chi connectivity index (χ0n) is 12.5. The van der Waals surface area contributed by atoms with Crippen LogP contribution in [0.1, 0.15) is 12.5 Å². The fourth-order valence-electron chi connectivity index (χ4n) is 1.70. The number of carbonyl (C=O) groups is 1. The van der Waals surface area contributed by atoms with Crippen molar-refractivity contribution in [3.63, 3.8) is 0 Å². The number of nitrogens with one attached hydrogen (secondary N) is 1. The van der Waals surface area contributed by atoms with E-state index < -0.39 is 0 Å². The number of phenols is 2. The molecule has 6 heteroatoms. The SMILES string of the molecule is CCOC(=O)/C=C/c1ccc(NSc2ccc(O)c(O)c2)cc1. The fraction of sp³-hybridized carbons (Fsp3) is 0.118. The summed E-state index contributed by atoms with van der Waals surface area (Å²) in [4.78, 5) is 12.0. The molecule has 0 radical (unpaired) electrons. The molecule has 2 rings (SSSR count). The number of carbonyl (C=O) groups excluding carboxylic acids is 1. The molecule has 0 amide bonds. The molecular weight excluding hydrogens is 314 g/mol. The van der Waals surface area contributed by atoms with E-state index in [1.54, 1.807) is 19.1 Å². The fourth-order valence-corrected chi connectivity index (χ4v) is 2.38. The maximum absolute atomic E-state index is 11.2. The highest BCUT2D eigenvalue weighted by molar-refractivity contribution is 8.00. The molecule has 0 spiro atoms. The zero-order valence-corrected chi connectivity index (χ0v) is 13.3. The summed E-state index contributed by atoms with van der Waals surface area (Å²) < 4.78 is 7.94. The van der Waals surface area contributed by atoms with Crippen LogP contribution in [0.15, 0.2) is 53.4 Å². The van der Waals surface area contributed by atoms with Crippen LogP contribution >= 0.6 is 11.9 Å². The van der Waals surface area contributed by atoms with E-state index in [-0.39, 0.29) is 17.5 Å². The van der Waals surface area contributed by atoms with Gasteiger partial charge in [-0.25, -0.2) is 4.79 Å². The lowest BCUT2D eigenvalue weighted by Crippen LogP contribution is -1.98. The van der Waals surface area contributed by atoms with Gasteiger partial charge in [0.05, 0.1) is 6.61 Å². The van der Waals surface area contributed by atoms with E-state index in [9.17, 15) is 15.0 Å². The third-order valence-corrected chi connectivity index (χ3v) is 3.67. The maximum atomic E-state index is 11.2. The molecule has 5 nitrogen and oxygen atoms in total. The van der Waals surface area contributed by atoms with Crippen molar-refractivity contribution in [2.75, 3.05) is 11.3 Å². The minimum Gasteiger partial charge on any atom is -0.504 e. The molecule has 0 aliphatic carbocycles. The lowest BCUT2D eigenvalue weighted by atomic mass is 10.2. The van der Waals surface area contributed by atoms with E-state index in [4.69, 9.17) is 4.74 Å². The number of phenolic OH excluding ortho intramolecular Hbond substituents is 2. The van der Waals surface area contributed by atoms with E-state index in [1.807, 2.05) is 24.3 Å². The summed E-state index contributed by atoms with van der Waals surface area (Å²) in [7, 11) is 0. The second-order valence-electron chi connectivity index (χ2n) is 4.56. The summed E-state index contributed by atoms with van der Waals surface area (Å²) in [6.07, 6.45) is 3.08. The van der Waals surface area contributed by atoms with Gasteiger partial charge < -0.3 is 19.7 Å². The topological polar surface area (TPSA) is 78.8 Å². The van der Waals surface area contributed by atoms with Crippen molar-refractivity contribution in [2.45, 2.75) is 11.8 Å². The average molecular weight is 331 g/mol.